The number of carbonyl (C=O) groups is 1. The standard InChI is InChI=1S/C10H13NO.C10H15N.2C8H11NO.3C8H11N/c1-7(2)9-4-5-11-10(6-9)8(3)12;1-4-10-7-9(8(2)3)5-6-11-10;1-7(2)8-3-5-9(10)6-4-8;1-7(2)8-4-3-5-9(10)6-8;1-7(2)8-3-5-9-6-4-8;1-7(2)8-4-3-5-9-6-8;1-7(2)8-5-3-4-6-9-8/h4-7H,1-3H3;5-8H,4H2,1-3H3;2*3-7H,1-2H3;3*3-7H,1-2H3. The summed E-state index contributed by atoms with van der Waals surface area (Å²) >= 11 is 0. The third-order valence-corrected chi connectivity index (χ3v) is 10.6. The lowest BCUT2D eigenvalue weighted by Crippen LogP contribution is -2.24. The smallest absolute Gasteiger partial charge is 0.183 e. The van der Waals surface area contributed by atoms with Crippen LogP contribution in [0.4, 0.5) is 0 Å². The van der Waals surface area contributed by atoms with Crippen LogP contribution < -0.4 is 9.46 Å². The van der Waals surface area contributed by atoms with E-state index in [2.05, 4.69) is 147 Å². The van der Waals surface area contributed by atoms with Crippen LogP contribution in [0.1, 0.15) is 207 Å². The van der Waals surface area contributed by atoms with Gasteiger partial charge in [-0.3, -0.25) is 29.7 Å². The normalized spacial score (nSPS) is 10.3. The maximum absolute atomic E-state index is 11.0. The van der Waals surface area contributed by atoms with Crippen LogP contribution in [0.25, 0.3) is 0 Å². The highest BCUT2D eigenvalue weighted by atomic mass is 16.5. The van der Waals surface area contributed by atoms with Crippen molar-refractivity contribution in [2.45, 2.75) is 159 Å². The zero-order valence-corrected chi connectivity index (χ0v) is 45.1. The molecular weight excluding hydrogens is 867 g/mol. The molecule has 7 heterocycles. The molecule has 7 aromatic heterocycles. The summed E-state index contributed by atoms with van der Waals surface area (Å²) in [5.41, 5.74) is 10.4. The van der Waals surface area contributed by atoms with E-state index < -0.39 is 0 Å². The molecule has 0 atom stereocenters. The minimum atomic E-state index is 0.0255. The number of hydrogen-bond acceptors (Lipinski definition) is 8. The van der Waals surface area contributed by atoms with Crippen LogP contribution in [-0.4, -0.2) is 30.7 Å². The van der Waals surface area contributed by atoms with Crippen molar-refractivity contribution in [3.05, 3.63) is 220 Å². The topological polar surface area (TPSA) is 135 Å². The van der Waals surface area contributed by atoms with Crippen molar-refractivity contribution >= 4 is 5.78 Å². The summed E-state index contributed by atoms with van der Waals surface area (Å²) in [4.78, 5) is 31.3. The lowest BCUT2D eigenvalue weighted by Gasteiger charge is -2.05. The maximum Gasteiger partial charge on any atom is 0.183 e. The summed E-state index contributed by atoms with van der Waals surface area (Å²) in [7, 11) is 0. The average Bonchev–Trinajstić information content (AvgIpc) is 3.36. The molecule has 0 amide bonds. The van der Waals surface area contributed by atoms with Gasteiger partial charge in [0.05, 0.1) is 0 Å². The predicted molar refractivity (Wildman–Crippen MR) is 290 cm³/mol. The Kier molecular flexibility index (Phi) is 30.3. The van der Waals surface area contributed by atoms with Gasteiger partial charge < -0.3 is 10.4 Å². The molecule has 10 nitrogen and oxygen atoms in total. The summed E-state index contributed by atoms with van der Waals surface area (Å²) in [5.74, 6) is 3.78. The first-order valence-electron chi connectivity index (χ1n) is 24.7. The lowest BCUT2D eigenvalue weighted by atomic mass is 10.0. The van der Waals surface area contributed by atoms with E-state index in [9.17, 15) is 15.2 Å². The number of rotatable bonds is 9. The van der Waals surface area contributed by atoms with E-state index in [1.807, 2.05) is 97.7 Å². The van der Waals surface area contributed by atoms with Crippen molar-refractivity contribution in [2.75, 3.05) is 0 Å². The Hall–Kier alpha value is -6.68. The summed E-state index contributed by atoms with van der Waals surface area (Å²) in [6, 6.07) is 29.6. The number of aromatic nitrogens is 7. The Morgan fingerprint density at radius 2 is 0.971 bits per heavy atom. The lowest BCUT2D eigenvalue weighted by molar-refractivity contribution is -0.606. The molecule has 376 valence electrons. The Morgan fingerprint density at radius 3 is 1.37 bits per heavy atom. The van der Waals surface area contributed by atoms with Gasteiger partial charge in [0.25, 0.3) is 0 Å². The summed E-state index contributed by atoms with van der Waals surface area (Å²) < 4.78 is 1.63. The molecule has 0 fully saturated rings. The minimum absolute atomic E-state index is 0.0255. The molecule has 0 N–H and O–H groups in total. The average molecular weight is 950 g/mol. The van der Waals surface area contributed by atoms with Gasteiger partial charge in [0.1, 0.15) is 5.69 Å². The van der Waals surface area contributed by atoms with E-state index in [4.69, 9.17) is 0 Å². The molecule has 10 heteroatoms. The predicted octanol–water partition coefficient (Wildman–Crippen LogP) is 14.7. The summed E-state index contributed by atoms with van der Waals surface area (Å²) in [6.45, 7) is 33.6. The second-order valence-electron chi connectivity index (χ2n) is 18.9. The molecule has 0 aromatic carbocycles. The van der Waals surface area contributed by atoms with E-state index in [0.717, 1.165) is 32.7 Å². The maximum atomic E-state index is 11.0. The number of pyridine rings is 7. The SMILES string of the molecule is CC(=O)c1cc(C(C)C)ccn1.CC(C)c1cc[n+]([O-])cc1.CC(C)c1ccc[n+]([O-])c1.CC(C)c1ccccn1.CC(C)c1cccnc1.CC(C)c1ccncc1.CCc1cc(C(C)C)ccn1. The highest BCUT2D eigenvalue weighted by Gasteiger charge is 2.05. The highest BCUT2D eigenvalue weighted by Crippen LogP contribution is 2.16. The van der Waals surface area contributed by atoms with Crippen molar-refractivity contribution in [1.29, 1.82) is 0 Å². The molecule has 0 radical (unpaired) electrons. The Morgan fingerprint density at radius 1 is 0.457 bits per heavy atom. The van der Waals surface area contributed by atoms with E-state index in [-0.39, 0.29) is 5.78 Å². The number of ketones is 1. The first-order valence-corrected chi connectivity index (χ1v) is 24.7. The number of carbonyl (C=O) groups excluding carboxylic acids is 1. The first kappa shape index (κ1) is 61.3. The van der Waals surface area contributed by atoms with Crippen LogP contribution >= 0.6 is 0 Å². The van der Waals surface area contributed by atoms with Crippen LogP contribution in [0, 0.1) is 10.4 Å². The van der Waals surface area contributed by atoms with Gasteiger partial charge in [0.15, 0.2) is 30.6 Å². The van der Waals surface area contributed by atoms with Gasteiger partial charge in [-0.25, -0.2) is 0 Å². The van der Waals surface area contributed by atoms with Gasteiger partial charge in [-0.2, -0.15) is 9.46 Å². The summed E-state index contributed by atoms with van der Waals surface area (Å²) in [6.07, 6.45) is 19.9. The molecule has 0 spiro atoms. The molecular formula is C60H83N7O3. The van der Waals surface area contributed by atoms with Crippen molar-refractivity contribution < 1.29 is 14.3 Å². The van der Waals surface area contributed by atoms with Gasteiger partial charge in [-0.15, -0.1) is 0 Å². The van der Waals surface area contributed by atoms with Crippen molar-refractivity contribution in [3.63, 3.8) is 0 Å². The monoisotopic (exact) mass is 950 g/mol. The Balaban J connectivity index is 0.000000409. The van der Waals surface area contributed by atoms with E-state index in [1.54, 1.807) is 24.7 Å². The fraction of sp³-hybridized carbons (Fsp3) is 0.400. The Labute approximate surface area is 422 Å². The van der Waals surface area contributed by atoms with E-state index in [0.29, 0.717) is 47.1 Å². The van der Waals surface area contributed by atoms with Gasteiger partial charge in [0, 0.05) is 85.5 Å². The minimum Gasteiger partial charge on any atom is -0.619 e. The number of hydrogen-bond donors (Lipinski definition) is 0. The highest BCUT2D eigenvalue weighted by molar-refractivity contribution is 5.92. The number of Topliss-reactive ketones (excluding diaryl/α,β-unsaturated/α-hetero) is 1. The molecule has 0 unspecified atom stereocenters. The van der Waals surface area contributed by atoms with Crippen molar-refractivity contribution in [2.24, 2.45) is 0 Å². The molecule has 0 aliphatic rings. The van der Waals surface area contributed by atoms with Crippen molar-refractivity contribution in [3.8, 4) is 0 Å². The van der Waals surface area contributed by atoms with Gasteiger partial charge in [-0.05, 0) is 136 Å². The third kappa shape index (κ3) is 26.8. The molecule has 0 aliphatic carbocycles. The summed E-state index contributed by atoms with van der Waals surface area (Å²) in [5, 5.41) is 21.3. The zero-order chi connectivity index (χ0) is 52.6. The van der Waals surface area contributed by atoms with E-state index in [1.165, 1.54) is 53.5 Å². The molecule has 0 saturated heterocycles. The molecule has 0 aliphatic heterocycles. The van der Waals surface area contributed by atoms with Crippen LogP contribution in [-0.2, 0) is 6.42 Å². The third-order valence-electron chi connectivity index (χ3n) is 10.6. The zero-order valence-electron chi connectivity index (χ0n) is 45.1. The van der Waals surface area contributed by atoms with Crippen LogP contribution in [0.2, 0.25) is 0 Å². The molecule has 0 bridgehead atoms. The van der Waals surface area contributed by atoms with Crippen molar-refractivity contribution in [1.82, 2.24) is 24.9 Å². The molecule has 0 saturated carbocycles. The first-order chi connectivity index (χ1) is 33.2. The quantitative estimate of drug-likeness (QED) is 0.0793. The van der Waals surface area contributed by atoms with E-state index >= 15 is 0 Å². The largest absolute Gasteiger partial charge is 0.619 e. The second-order valence-corrected chi connectivity index (χ2v) is 18.9. The molecule has 7 rings (SSSR count). The Bertz CT molecular complexity index is 2300. The fourth-order valence-corrected chi connectivity index (χ4v) is 5.85. The number of nitrogens with zero attached hydrogens (tertiary/aromatic N) is 7. The van der Waals surface area contributed by atoms with Crippen LogP contribution in [0.3, 0.4) is 0 Å². The second kappa shape index (κ2) is 34.6. The van der Waals surface area contributed by atoms with Crippen LogP contribution in [0.15, 0.2) is 159 Å². The molecule has 70 heavy (non-hydrogen) atoms. The molecule has 7 aromatic rings. The van der Waals surface area contributed by atoms with Gasteiger partial charge >= 0.3 is 0 Å². The van der Waals surface area contributed by atoms with Gasteiger partial charge in [0.2, 0.25) is 0 Å². The number of aryl methyl sites for hydroxylation is 1. The van der Waals surface area contributed by atoms with Crippen LogP contribution in [0.5, 0.6) is 0 Å². The van der Waals surface area contributed by atoms with Gasteiger partial charge in [-0.1, -0.05) is 116 Å². The fourth-order valence-electron chi connectivity index (χ4n) is 5.85.